The lowest BCUT2D eigenvalue weighted by Gasteiger charge is -2.19. The highest BCUT2D eigenvalue weighted by atomic mass is 16.8. The van der Waals surface area contributed by atoms with Crippen molar-refractivity contribution >= 4 is 24.0 Å². The molecule has 2 atom stereocenters. The molecule has 10 nitrogen and oxygen atoms in total. The van der Waals surface area contributed by atoms with Crippen LogP contribution in [0.1, 0.15) is 26.3 Å². The van der Waals surface area contributed by atoms with Crippen LogP contribution in [0.4, 0.5) is 0 Å². The molecular formula is C21H22O10. The Morgan fingerprint density at radius 2 is 1.97 bits per heavy atom. The van der Waals surface area contributed by atoms with Crippen LogP contribution in [-0.2, 0) is 33.3 Å². The third-order valence-electron chi connectivity index (χ3n) is 4.35. The Balaban J connectivity index is 1.68. The van der Waals surface area contributed by atoms with Crippen LogP contribution < -0.4 is 9.47 Å². The smallest absolute Gasteiger partial charge is 0.378 e. The van der Waals surface area contributed by atoms with Crippen molar-refractivity contribution in [1.29, 1.82) is 0 Å². The van der Waals surface area contributed by atoms with Crippen LogP contribution in [-0.4, -0.2) is 54.7 Å². The fourth-order valence-corrected chi connectivity index (χ4v) is 2.99. The Morgan fingerprint density at radius 3 is 2.58 bits per heavy atom. The van der Waals surface area contributed by atoms with Crippen molar-refractivity contribution in [2.45, 2.75) is 38.8 Å². The van der Waals surface area contributed by atoms with E-state index >= 15 is 0 Å². The summed E-state index contributed by atoms with van der Waals surface area (Å²) in [4.78, 5) is 35.3. The van der Waals surface area contributed by atoms with Gasteiger partial charge in [-0.3, -0.25) is 4.79 Å². The average Bonchev–Trinajstić information content (AvgIpc) is 3.20. The number of hydrogen-bond donors (Lipinski definition) is 1. The highest BCUT2D eigenvalue weighted by Gasteiger charge is 2.47. The maximum atomic E-state index is 12.1. The van der Waals surface area contributed by atoms with Crippen LogP contribution in [0.15, 0.2) is 35.8 Å². The van der Waals surface area contributed by atoms with Gasteiger partial charge in [-0.15, -0.1) is 0 Å². The number of aliphatic hydroxyl groups is 1. The monoisotopic (exact) mass is 434 g/mol. The quantitative estimate of drug-likeness (QED) is 0.404. The summed E-state index contributed by atoms with van der Waals surface area (Å²) in [6.07, 6.45) is 0.598. The molecular weight excluding hydrogens is 412 g/mol. The van der Waals surface area contributed by atoms with Gasteiger partial charge in [0.15, 0.2) is 29.1 Å². The summed E-state index contributed by atoms with van der Waals surface area (Å²) in [5.41, 5.74) is 0.536. The van der Waals surface area contributed by atoms with Gasteiger partial charge in [0.05, 0.1) is 13.7 Å². The van der Waals surface area contributed by atoms with Gasteiger partial charge in [-0.05, 0) is 37.6 Å². The van der Waals surface area contributed by atoms with Crippen LogP contribution in [0.5, 0.6) is 11.5 Å². The number of hydrogen-bond acceptors (Lipinski definition) is 10. The molecule has 3 rings (SSSR count). The average molecular weight is 434 g/mol. The van der Waals surface area contributed by atoms with E-state index in [2.05, 4.69) is 0 Å². The van der Waals surface area contributed by atoms with Crippen molar-refractivity contribution in [2.24, 2.45) is 0 Å². The molecule has 1 aromatic carbocycles. The van der Waals surface area contributed by atoms with E-state index < -0.39 is 47.4 Å². The van der Waals surface area contributed by atoms with Crippen LogP contribution in [0.2, 0.25) is 0 Å². The Labute approximate surface area is 177 Å². The fraction of sp³-hybridized carbons (Fsp3) is 0.381. The van der Waals surface area contributed by atoms with Gasteiger partial charge in [0.2, 0.25) is 0 Å². The number of rotatable bonds is 6. The molecule has 0 amide bonds. The molecule has 0 bridgehead atoms. The minimum Gasteiger partial charge on any atom is -0.505 e. The SMILES string of the molecule is COc1cc(C=CC(=O)OC2=C(O)C(C3COC(C)(C)O3)OC2=O)ccc1OC(C)=O. The van der Waals surface area contributed by atoms with Gasteiger partial charge in [0, 0.05) is 13.0 Å². The van der Waals surface area contributed by atoms with Gasteiger partial charge in [-0.1, -0.05) is 6.07 Å². The molecule has 0 radical (unpaired) electrons. The molecule has 0 aliphatic carbocycles. The Hall–Kier alpha value is -3.37. The summed E-state index contributed by atoms with van der Waals surface area (Å²) in [7, 11) is 1.40. The summed E-state index contributed by atoms with van der Waals surface area (Å²) >= 11 is 0. The third-order valence-corrected chi connectivity index (χ3v) is 4.35. The maximum Gasteiger partial charge on any atom is 0.378 e. The highest BCUT2D eigenvalue weighted by Crippen LogP contribution is 2.32. The van der Waals surface area contributed by atoms with Gasteiger partial charge < -0.3 is 33.5 Å². The predicted octanol–water partition coefficient (Wildman–Crippen LogP) is 2.02. The number of ether oxygens (including phenoxy) is 6. The van der Waals surface area contributed by atoms with Crippen molar-refractivity contribution in [2.75, 3.05) is 13.7 Å². The Morgan fingerprint density at radius 1 is 1.23 bits per heavy atom. The molecule has 2 aliphatic heterocycles. The van der Waals surface area contributed by atoms with E-state index in [1.54, 1.807) is 19.9 Å². The lowest BCUT2D eigenvalue weighted by molar-refractivity contribution is -0.163. The van der Waals surface area contributed by atoms with Crippen molar-refractivity contribution < 1.29 is 47.9 Å². The molecule has 31 heavy (non-hydrogen) atoms. The first-order valence-corrected chi connectivity index (χ1v) is 9.32. The standard InChI is InChI=1S/C21H22O10/c1-11(22)28-13-7-5-12(9-14(13)26-4)6-8-16(23)29-19-17(24)18(30-20(19)25)15-10-27-21(2,3)31-15/h5-9,15,18,24H,10H2,1-4H3. The second-order valence-corrected chi connectivity index (χ2v) is 7.17. The van der Waals surface area contributed by atoms with Gasteiger partial charge >= 0.3 is 17.9 Å². The highest BCUT2D eigenvalue weighted by molar-refractivity contribution is 5.96. The molecule has 0 aromatic heterocycles. The van der Waals surface area contributed by atoms with Crippen LogP contribution >= 0.6 is 0 Å². The number of carbonyl (C=O) groups is 3. The van der Waals surface area contributed by atoms with E-state index in [4.69, 9.17) is 28.4 Å². The molecule has 1 N–H and O–H groups in total. The zero-order valence-corrected chi connectivity index (χ0v) is 17.4. The number of carbonyl (C=O) groups excluding carboxylic acids is 3. The first kappa shape index (κ1) is 22.3. The second kappa shape index (κ2) is 8.78. The molecule has 0 spiro atoms. The van der Waals surface area contributed by atoms with Crippen molar-refractivity contribution in [3.05, 3.63) is 41.4 Å². The second-order valence-electron chi connectivity index (χ2n) is 7.17. The number of methoxy groups -OCH3 is 1. The molecule has 1 saturated heterocycles. The van der Waals surface area contributed by atoms with Gasteiger partial charge in [0.25, 0.3) is 5.76 Å². The van der Waals surface area contributed by atoms with Gasteiger partial charge in [-0.2, -0.15) is 0 Å². The van der Waals surface area contributed by atoms with Crippen LogP contribution in [0.3, 0.4) is 0 Å². The fourth-order valence-electron chi connectivity index (χ4n) is 2.99. The van der Waals surface area contributed by atoms with Crippen molar-refractivity contribution in [3.63, 3.8) is 0 Å². The topological polar surface area (TPSA) is 127 Å². The van der Waals surface area contributed by atoms with Gasteiger partial charge in [0.1, 0.15) is 6.10 Å². The summed E-state index contributed by atoms with van der Waals surface area (Å²) in [5.74, 6) is -3.90. The third kappa shape index (κ3) is 5.22. The Bertz CT molecular complexity index is 959. The van der Waals surface area contributed by atoms with Crippen molar-refractivity contribution in [1.82, 2.24) is 0 Å². The summed E-state index contributed by atoms with van der Waals surface area (Å²) in [5, 5.41) is 10.3. The normalized spacial score (nSPS) is 22.5. The molecule has 2 heterocycles. The minimum absolute atomic E-state index is 0.0985. The number of aliphatic hydroxyl groups excluding tert-OH is 1. The van der Waals surface area contributed by atoms with Crippen molar-refractivity contribution in [3.8, 4) is 11.5 Å². The summed E-state index contributed by atoms with van der Waals surface area (Å²) < 4.78 is 31.2. The van der Waals surface area contributed by atoms with Crippen LogP contribution in [0, 0.1) is 0 Å². The molecule has 2 aliphatic rings. The minimum atomic E-state index is -1.13. The number of esters is 3. The lowest BCUT2D eigenvalue weighted by atomic mass is 10.2. The number of cyclic esters (lactones) is 1. The van der Waals surface area contributed by atoms with E-state index in [-0.39, 0.29) is 18.1 Å². The predicted molar refractivity (Wildman–Crippen MR) is 104 cm³/mol. The molecule has 1 fully saturated rings. The van der Waals surface area contributed by atoms with E-state index in [1.165, 1.54) is 32.2 Å². The van der Waals surface area contributed by atoms with E-state index in [0.717, 1.165) is 6.08 Å². The van der Waals surface area contributed by atoms with Crippen LogP contribution in [0.25, 0.3) is 6.08 Å². The molecule has 166 valence electrons. The molecule has 0 saturated carbocycles. The summed E-state index contributed by atoms with van der Waals surface area (Å²) in [6.45, 7) is 4.73. The lowest BCUT2D eigenvalue weighted by Crippen LogP contribution is -2.32. The first-order chi connectivity index (χ1) is 14.6. The molecule has 1 aromatic rings. The largest absolute Gasteiger partial charge is 0.505 e. The molecule has 2 unspecified atom stereocenters. The maximum absolute atomic E-state index is 12.1. The Kier molecular flexibility index (Phi) is 6.32. The molecule has 10 heteroatoms. The number of benzene rings is 1. The van der Waals surface area contributed by atoms with E-state index in [1.807, 2.05) is 0 Å². The first-order valence-electron chi connectivity index (χ1n) is 9.32. The van der Waals surface area contributed by atoms with E-state index in [9.17, 15) is 19.5 Å². The van der Waals surface area contributed by atoms with E-state index in [0.29, 0.717) is 5.56 Å². The zero-order chi connectivity index (χ0) is 22.8. The zero-order valence-electron chi connectivity index (χ0n) is 17.4. The van der Waals surface area contributed by atoms with Gasteiger partial charge in [-0.25, -0.2) is 9.59 Å². The summed E-state index contributed by atoms with van der Waals surface area (Å²) in [6, 6.07) is 4.63.